The molecule has 0 aromatic carbocycles. The number of rotatable bonds is 2. The number of hydrogen-bond acceptors (Lipinski definition) is 3. The third-order valence-corrected chi connectivity index (χ3v) is 1.54. The summed E-state index contributed by atoms with van der Waals surface area (Å²) >= 11 is 0. The molecule has 0 bridgehead atoms. The number of allylic oxidation sites excluding steroid dienone is 2. The zero-order valence-corrected chi connectivity index (χ0v) is 7.53. The van der Waals surface area contributed by atoms with Crippen LogP contribution in [0.4, 0.5) is 0 Å². The molecular weight excluding hydrogens is 152 g/mol. The standard InChI is InChI=1S/C9H12N2O/c1-4-5-8(10-3)9-7(2)11-6-12-9/h4-6H,1-3H3/b5-4-,10-8?. The molecule has 1 aromatic heterocycles. The summed E-state index contributed by atoms with van der Waals surface area (Å²) in [6.45, 7) is 3.84. The number of hydrogen-bond donors (Lipinski definition) is 0. The quantitative estimate of drug-likeness (QED) is 0.627. The zero-order valence-electron chi connectivity index (χ0n) is 7.53. The molecule has 0 atom stereocenters. The van der Waals surface area contributed by atoms with E-state index < -0.39 is 0 Å². The van der Waals surface area contributed by atoms with E-state index in [0.717, 1.165) is 17.2 Å². The maximum Gasteiger partial charge on any atom is 0.181 e. The normalized spacial score (nSPS) is 12.8. The summed E-state index contributed by atoms with van der Waals surface area (Å²) in [7, 11) is 1.73. The summed E-state index contributed by atoms with van der Waals surface area (Å²) in [4.78, 5) is 8.06. The van der Waals surface area contributed by atoms with Crippen molar-refractivity contribution in [3.05, 3.63) is 30.0 Å². The fraction of sp³-hybridized carbons (Fsp3) is 0.333. The van der Waals surface area contributed by atoms with Crippen LogP contribution < -0.4 is 0 Å². The van der Waals surface area contributed by atoms with Gasteiger partial charge in [0.05, 0.1) is 5.69 Å². The lowest BCUT2D eigenvalue weighted by atomic mass is 10.2. The molecule has 0 fully saturated rings. The molecule has 1 heterocycles. The van der Waals surface area contributed by atoms with Crippen LogP contribution in [0.1, 0.15) is 18.4 Å². The van der Waals surface area contributed by atoms with Gasteiger partial charge in [-0.1, -0.05) is 6.08 Å². The molecule has 3 heteroatoms. The second kappa shape index (κ2) is 3.85. The van der Waals surface area contributed by atoms with Crippen molar-refractivity contribution in [2.45, 2.75) is 13.8 Å². The van der Waals surface area contributed by atoms with Crippen LogP contribution in [-0.2, 0) is 0 Å². The van der Waals surface area contributed by atoms with Gasteiger partial charge < -0.3 is 4.42 Å². The van der Waals surface area contributed by atoms with Gasteiger partial charge in [0.15, 0.2) is 12.2 Å². The van der Waals surface area contributed by atoms with E-state index in [1.807, 2.05) is 26.0 Å². The van der Waals surface area contributed by atoms with Gasteiger partial charge in [-0.15, -0.1) is 0 Å². The largest absolute Gasteiger partial charge is 0.442 e. The summed E-state index contributed by atoms with van der Waals surface area (Å²) in [6.07, 6.45) is 5.25. The molecule has 0 unspecified atom stereocenters. The first kappa shape index (κ1) is 8.71. The minimum absolute atomic E-state index is 0.746. The summed E-state index contributed by atoms with van der Waals surface area (Å²) in [5, 5.41) is 0. The first-order valence-corrected chi connectivity index (χ1v) is 3.79. The summed E-state index contributed by atoms with van der Waals surface area (Å²) < 4.78 is 5.18. The molecule has 0 radical (unpaired) electrons. The Morgan fingerprint density at radius 2 is 2.42 bits per heavy atom. The van der Waals surface area contributed by atoms with Gasteiger partial charge in [0.25, 0.3) is 0 Å². The van der Waals surface area contributed by atoms with E-state index in [4.69, 9.17) is 4.42 Å². The van der Waals surface area contributed by atoms with Crippen molar-refractivity contribution >= 4 is 5.71 Å². The summed E-state index contributed by atoms with van der Waals surface area (Å²) in [5.41, 5.74) is 1.70. The maximum absolute atomic E-state index is 5.18. The average molecular weight is 164 g/mol. The Bertz CT molecular complexity index is 310. The Hall–Kier alpha value is -1.38. The molecule has 0 saturated heterocycles. The molecule has 12 heavy (non-hydrogen) atoms. The number of aliphatic imine (C=N–C) groups is 1. The molecule has 3 nitrogen and oxygen atoms in total. The highest BCUT2D eigenvalue weighted by Crippen LogP contribution is 2.07. The number of aryl methyl sites for hydroxylation is 1. The maximum atomic E-state index is 5.18. The van der Waals surface area contributed by atoms with Crippen LogP contribution in [0.3, 0.4) is 0 Å². The Kier molecular flexibility index (Phi) is 2.80. The Balaban J connectivity index is 3.04. The number of oxazole rings is 1. The Morgan fingerprint density at radius 1 is 1.67 bits per heavy atom. The first-order chi connectivity index (χ1) is 5.79. The Labute approximate surface area is 71.8 Å². The van der Waals surface area contributed by atoms with Gasteiger partial charge in [-0.3, -0.25) is 4.99 Å². The molecule has 0 spiro atoms. The van der Waals surface area contributed by atoms with Crippen molar-refractivity contribution in [1.82, 2.24) is 4.98 Å². The third kappa shape index (κ3) is 1.61. The van der Waals surface area contributed by atoms with E-state index in [0.29, 0.717) is 0 Å². The highest BCUT2D eigenvalue weighted by molar-refractivity contribution is 6.07. The molecule has 64 valence electrons. The SMILES string of the molecule is C/C=C\C(=NC)c1ocnc1C. The lowest BCUT2D eigenvalue weighted by Crippen LogP contribution is -1.96. The monoisotopic (exact) mass is 164 g/mol. The lowest BCUT2D eigenvalue weighted by Gasteiger charge is -1.94. The van der Waals surface area contributed by atoms with Crippen molar-refractivity contribution in [1.29, 1.82) is 0 Å². The summed E-state index contributed by atoms with van der Waals surface area (Å²) in [6, 6.07) is 0. The van der Waals surface area contributed by atoms with Crippen LogP contribution in [-0.4, -0.2) is 17.7 Å². The molecule has 0 N–H and O–H groups in total. The van der Waals surface area contributed by atoms with Gasteiger partial charge in [-0.25, -0.2) is 4.98 Å². The summed E-state index contributed by atoms with van der Waals surface area (Å²) in [5.74, 6) is 0.746. The Morgan fingerprint density at radius 3 is 2.83 bits per heavy atom. The van der Waals surface area contributed by atoms with Crippen LogP contribution in [0, 0.1) is 6.92 Å². The van der Waals surface area contributed by atoms with Gasteiger partial charge in [0.2, 0.25) is 0 Å². The topological polar surface area (TPSA) is 38.4 Å². The molecule has 0 amide bonds. The van der Waals surface area contributed by atoms with Gasteiger partial charge in [0, 0.05) is 7.05 Å². The second-order valence-corrected chi connectivity index (χ2v) is 2.38. The highest BCUT2D eigenvalue weighted by Gasteiger charge is 2.06. The molecule has 0 saturated carbocycles. The van der Waals surface area contributed by atoms with Crippen LogP contribution >= 0.6 is 0 Å². The van der Waals surface area contributed by atoms with Gasteiger partial charge in [0.1, 0.15) is 5.71 Å². The van der Waals surface area contributed by atoms with Crippen molar-refractivity contribution in [3.63, 3.8) is 0 Å². The van der Waals surface area contributed by atoms with Crippen molar-refractivity contribution in [3.8, 4) is 0 Å². The van der Waals surface area contributed by atoms with E-state index in [2.05, 4.69) is 9.98 Å². The van der Waals surface area contributed by atoms with E-state index in [9.17, 15) is 0 Å². The third-order valence-electron chi connectivity index (χ3n) is 1.54. The second-order valence-electron chi connectivity index (χ2n) is 2.38. The van der Waals surface area contributed by atoms with E-state index in [1.54, 1.807) is 7.05 Å². The van der Waals surface area contributed by atoms with Gasteiger partial charge in [-0.05, 0) is 19.9 Å². The van der Waals surface area contributed by atoms with Crippen molar-refractivity contribution in [2.24, 2.45) is 4.99 Å². The lowest BCUT2D eigenvalue weighted by molar-refractivity contribution is 0.548. The smallest absolute Gasteiger partial charge is 0.181 e. The minimum Gasteiger partial charge on any atom is -0.442 e. The molecule has 1 rings (SSSR count). The first-order valence-electron chi connectivity index (χ1n) is 3.79. The van der Waals surface area contributed by atoms with E-state index in [-0.39, 0.29) is 0 Å². The molecular formula is C9H12N2O. The van der Waals surface area contributed by atoms with Gasteiger partial charge in [-0.2, -0.15) is 0 Å². The number of aromatic nitrogens is 1. The van der Waals surface area contributed by atoms with Crippen LogP contribution in [0.15, 0.2) is 28.0 Å². The average Bonchev–Trinajstić information content (AvgIpc) is 2.47. The van der Waals surface area contributed by atoms with Crippen LogP contribution in [0.2, 0.25) is 0 Å². The fourth-order valence-corrected chi connectivity index (χ4v) is 0.957. The van der Waals surface area contributed by atoms with Crippen molar-refractivity contribution in [2.75, 3.05) is 7.05 Å². The fourth-order valence-electron chi connectivity index (χ4n) is 0.957. The highest BCUT2D eigenvalue weighted by atomic mass is 16.3. The predicted octanol–water partition coefficient (Wildman–Crippen LogP) is 1.98. The number of nitrogens with zero attached hydrogens (tertiary/aromatic N) is 2. The molecule has 0 aliphatic rings. The molecule has 0 aliphatic heterocycles. The van der Waals surface area contributed by atoms with Crippen LogP contribution in [0.5, 0.6) is 0 Å². The van der Waals surface area contributed by atoms with Crippen LogP contribution in [0.25, 0.3) is 0 Å². The minimum atomic E-state index is 0.746. The molecule has 1 aromatic rings. The zero-order chi connectivity index (χ0) is 8.97. The van der Waals surface area contributed by atoms with Crippen molar-refractivity contribution < 1.29 is 4.42 Å². The van der Waals surface area contributed by atoms with Gasteiger partial charge >= 0.3 is 0 Å². The molecule has 0 aliphatic carbocycles. The van der Waals surface area contributed by atoms with E-state index >= 15 is 0 Å². The van der Waals surface area contributed by atoms with E-state index in [1.165, 1.54) is 6.39 Å². The predicted molar refractivity (Wildman–Crippen MR) is 48.5 cm³/mol.